The molecule has 1 saturated heterocycles. The standard InChI is InChI=1S/C18H17N3O3/c22-13-3-1-2-12(10-13)17-19-16-5-4-14(23)11-15(16)18(20-17)21-6-8-24-9-7-21/h1-5,10-11,22-23H,6-9H2. The van der Waals surface area contributed by atoms with Crippen LogP contribution in [-0.2, 0) is 4.74 Å². The normalized spacial score (nSPS) is 14.9. The van der Waals surface area contributed by atoms with Crippen LogP contribution >= 0.6 is 0 Å². The van der Waals surface area contributed by atoms with Crippen molar-refractivity contribution in [2.24, 2.45) is 0 Å². The van der Waals surface area contributed by atoms with Crippen LogP contribution in [0.4, 0.5) is 5.82 Å². The fourth-order valence-electron chi connectivity index (χ4n) is 2.89. The van der Waals surface area contributed by atoms with Gasteiger partial charge in [0.05, 0.1) is 18.7 Å². The number of hydrogen-bond donors (Lipinski definition) is 2. The summed E-state index contributed by atoms with van der Waals surface area (Å²) in [5.41, 5.74) is 1.50. The highest BCUT2D eigenvalue weighted by atomic mass is 16.5. The summed E-state index contributed by atoms with van der Waals surface area (Å²) in [7, 11) is 0. The number of phenols is 2. The molecule has 0 saturated carbocycles. The number of hydrogen-bond acceptors (Lipinski definition) is 6. The molecule has 6 heteroatoms. The molecule has 1 fully saturated rings. The summed E-state index contributed by atoms with van der Waals surface area (Å²) >= 11 is 0. The number of aromatic hydroxyl groups is 2. The minimum Gasteiger partial charge on any atom is -0.508 e. The van der Waals surface area contributed by atoms with Gasteiger partial charge in [-0.15, -0.1) is 0 Å². The largest absolute Gasteiger partial charge is 0.508 e. The van der Waals surface area contributed by atoms with E-state index < -0.39 is 0 Å². The van der Waals surface area contributed by atoms with Crippen LogP contribution in [0.25, 0.3) is 22.3 Å². The van der Waals surface area contributed by atoms with Gasteiger partial charge in [0.2, 0.25) is 0 Å². The highest BCUT2D eigenvalue weighted by Crippen LogP contribution is 2.31. The molecule has 4 rings (SSSR count). The molecule has 24 heavy (non-hydrogen) atoms. The Morgan fingerprint density at radius 3 is 2.50 bits per heavy atom. The molecule has 1 aliphatic rings. The van der Waals surface area contributed by atoms with Gasteiger partial charge in [0.1, 0.15) is 17.3 Å². The first-order valence-corrected chi connectivity index (χ1v) is 7.83. The van der Waals surface area contributed by atoms with Crippen molar-refractivity contribution in [2.45, 2.75) is 0 Å². The lowest BCUT2D eigenvalue weighted by atomic mass is 10.1. The molecule has 122 valence electrons. The number of benzene rings is 2. The van der Waals surface area contributed by atoms with E-state index in [1.165, 1.54) is 0 Å². The Kier molecular flexibility index (Phi) is 3.66. The van der Waals surface area contributed by atoms with Crippen LogP contribution in [0.1, 0.15) is 0 Å². The number of anilines is 1. The van der Waals surface area contributed by atoms with Gasteiger partial charge in [0, 0.05) is 24.0 Å². The second-order valence-electron chi connectivity index (χ2n) is 5.72. The quantitative estimate of drug-likeness (QED) is 0.754. The molecule has 1 aliphatic heterocycles. The maximum Gasteiger partial charge on any atom is 0.162 e. The Labute approximate surface area is 139 Å². The van der Waals surface area contributed by atoms with Gasteiger partial charge >= 0.3 is 0 Å². The molecule has 0 amide bonds. The van der Waals surface area contributed by atoms with Gasteiger partial charge in [0.25, 0.3) is 0 Å². The predicted molar refractivity (Wildman–Crippen MR) is 91.3 cm³/mol. The SMILES string of the molecule is Oc1cccc(-c2nc(N3CCOCC3)c3cc(O)ccc3n2)c1. The zero-order valence-corrected chi connectivity index (χ0v) is 13.0. The van der Waals surface area contributed by atoms with E-state index in [0.717, 1.165) is 35.4 Å². The minimum absolute atomic E-state index is 0.176. The third-order valence-electron chi connectivity index (χ3n) is 4.07. The Morgan fingerprint density at radius 1 is 0.917 bits per heavy atom. The molecule has 0 aliphatic carbocycles. The highest BCUT2D eigenvalue weighted by molar-refractivity contribution is 5.92. The molecule has 3 aromatic rings. The Morgan fingerprint density at radius 2 is 1.71 bits per heavy atom. The van der Waals surface area contributed by atoms with Gasteiger partial charge in [-0.25, -0.2) is 9.97 Å². The molecule has 0 radical (unpaired) electrons. The van der Waals surface area contributed by atoms with Crippen LogP contribution in [0.15, 0.2) is 42.5 Å². The number of morpholine rings is 1. The molecule has 0 unspecified atom stereocenters. The number of phenolic OH excluding ortho intramolecular Hbond substituents is 2. The minimum atomic E-state index is 0.176. The maximum atomic E-state index is 9.84. The fraction of sp³-hybridized carbons (Fsp3) is 0.222. The van der Waals surface area contributed by atoms with E-state index in [2.05, 4.69) is 9.88 Å². The van der Waals surface area contributed by atoms with Crippen molar-refractivity contribution in [3.63, 3.8) is 0 Å². The number of nitrogens with zero attached hydrogens (tertiary/aromatic N) is 3. The first kappa shape index (κ1) is 14.7. The first-order chi connectivity index (χ1) is 11.7. The van der Waals surface area contributed by atoms with E-state index in [1.54, 1.807) is 36.4 Å². The van der Waals surface area contributed by atoms with Gasteiger partial charge in [0.15, 0.2) is 5.82 Å². The molecule has 2 N–H and O–H groups in total. The van der Waals surface area contributed by atoms with Crippen LogP contribution in [0.2, 0.25) is 0 Å². The summed E-state index contributed by atoms with van der Waals surface area (Å²) in [6.45, 7) is 2.76. The summed E-state index contributed by atoms with van der Waals surface area (Å²) in [5.74, 6) is 1.68. The lowest BCUT2D eigenvalue weighted by Gasteiger charge is -2.29. The van der Waals surface area contributed by atoms with Gasteiger partial charge in [-0.2, -0.15) is 0 Å². The second-order valence-corrected chi connectivity index (χ2v) is 5.72. The average Bonchev–Trinajstić information content (AvgIpc) is 2.61. The van der Waals surface area contributed by atoms with Gasteiger partial charge in [-0.1, -0.05) is 12.1 Å². The lowest BCUT2D eigenvalue weighted by Crippen LogP contribution is -2.37. The van der Waals surface area contributed by atoms with E-state index >= 15 is 0 Å². The monoisotopic (exact) mass is 323 g/mol. The Bertz CT molecular complexity index is 892. The molecule has 6 nitrogen and oxygen atoms in total. The van der Waals surface area contributed by atoms with E-state index in [-0.39, 0.29) is 11.5 Å². The molecule has 2 aromatic carbocycles. The number of rotatable bonds is 2. The number of ether oxygens (including phenoxy) is 1. The van der Waals surface area contributed by atoms with Crippen molar-refractivity contribution in [3.05, 3.63) is 42.5 Å². The van der Waals surface area contributed by atoms with E-state index in [9.17, 15) is 10.2 Å². The molecular formula is C18H17N3O3. The molecule has 0 bridgehead atoms. The summed E-state index contributed by atoms with van der Waals surface area (Å²) in [6, 6.07) is 12.0. The Hall–Kier alpha value is -2.86. The van der Waals surface area contributed by atoms with Gasteiger partial charge in [-0.05, 0) is 30.3 Å². The smallest absolute Gasteiger partial charge is 0.162 e. The van der Waals surface area contributed by atoms with Crippen molar-refractivity contribution in [1.29, 1.82) is 0 Å². The Balaban J connectivity index is 1.91. The summed E-state index contributed by atoms with van der Waals surface area (Å²) in [4.78, 5) is 11.4. The van der Waals surface area contributed by atoms with Crippen LogP contribution in [0.3, 0.4) is 0 Å². The van der Waals surface area contributed by atoms with E-state index in [1.807, 2.05) is 6.07 Å². The first-order valence-electron chi connectivity index (χ1n) is 7.83. The highest BCUT2D eigenvalue weighted by Gasteiger charge is 2.18. The van der Waals surface area contributed by atoms with Crippen LogP contribution < -0.4 is 4.90 Å². The third-order valence-corrected chi connectivity index (χ3v) is 4.07. The van der Waals surface area contributed by atoms with E-state index in [4.69, 9.17) is 9.72 Å². The van der Waals surface area contributed by atoms with Crippen molar-refractivity contribution in [3.8, 4) is 22.9 Å². The molecule has 1 aromatic heterocycles. The number of aromatic nitrogens is 2. The fourth-order valence-corrected chi connectivity index (χ4v) is 2.89. The summed E-state index contributed by atoms with van der Waals surface area (Å²) in [6.07, 6.45) is 0. The summed E-state index contributed by atoms with van der Waals surface area (Å²) < 4.78 is 5.42. The van der Waals surface area contributed by atoms with Crippen LogP contribution in [-0.4, -0.2) is 46.5 Å². The average molecular weight is 323 g/mol. The second kappa shape index (κ2) is 5.98. The van der Waals surface area contributed by atoms with Gasteiger partial charge in [-0.3, -0.25) is 0 Å². The van der Waals surface area contributed by atoms with Gasteiger partial charge < -0.3 is 19.8 Å². The maximum absolute atomic E-state index is 9.84. The van der Waals surface area contributed by atoms with Crippen molar-refractivity contribution in [1.82, 2.24) is 9.97 Å². The third kappa shape index (κ3) is 2.72. The lowest BCUT2D eigenvalue weighted by molar-refractivity contribution is 0.122. The zero-order valence-electron chi connectivity index (χ0n) is 13.0. The molecular weight excluding hydrogens is 306 g/mol. The number of fused-ring (bicyclic) bond motifs is 1. The van der Waals surface area contributed by atoms with Crippen molar-refractivity contribution >= 4 is 16.7 Å². The van der Waals surface area contributed by atoms with Crippen molar-refractivity contribution in [2.75, 3.05) is 31.2 Å². The topological polar surface area (TPSA) is 78.7 Å². The van der Waals surface area contributed by atoms with Crippen LogP contribution in [0, 0.1) is 0 Å². The predicted octanol–water partition coefficient (Wildman–Crippen LogP) is 2.54. The van der Waals surface area contributed by atoms with Crippen LogP contribution in [0.5, 0.6) is 11.5 Å². The van der Waals surface area contributed by atoms with E-state index in [0.29, 0.717) is 19.0 Å². The van der Waals surface area contributed by atoms with Crippen molar-refractivity contribution < 1.29 is 14.9 Å². The molecule has 2 heterocycles. The zero-order chi connectivity index (χ0) is 16.5. The molecule has 0 spiro atoms. The summed E-state index contributed by atoms with van der Waals surface area (Å²) in [5, 5.41) is 20.4. The molecule has 0 atom stereocenters.